The first-order chi connectivity index (χ1) is 8.58. The van der Waals surface area contributed by atoms with Gasteiger partial charge in [-0.15, -0.1) is 0 Å². The van der Waals surface area contributed by atoms with Gasteiger partial charge in [0, 0.05) is 52.1 Å². The van der Waals surface area contributed by atoms with Gasteiger partial charge < -0.3 is 14.7 Å². The van der Waals surface area contributed by atoms with Crippen LogP contribution in [-0.2, 0) is 9.59 Å². The summed E-state index contributed by atoms with van der Waals surface area (Å²) in [6.07, 6.45) is 2.67. The maximum atomic E-state index is 12.0. The van der Waals surface area contributed by atoms with Crippen LogP contribution in [0.5, 0.6) is 0 Å². The summed E-state index contributed by atoms with van der Waals surface area (Å²) in [4.78, 5) is 29.5. The van der Waals surface area contributed by atoms with Gasteiger partial charge in [-0.1, -0.05) is 0 Å². The van der Waals surface area contributed by atoms with Gasteiger partial charge in [-0.2, -0.15) is 0 Å². The minimum Gasteiger partial charge on any atom is -0.340 e. The Labute approximate surface area is 109 Å². The monoisotopic (exact) mass is 253 g/mol. The second-order valence-electron chi connectivity index (χ2n) is 5.38. The van der Waals surface area contributed by atoms with Crippen LogP contribution in [-0.4, -0.2) is 72.3 Å². The van der Waals surface area contributed by atoms with Crippen molar-refractivity contribution in [3.63, 3.8) is 0 Å². The molecule has 102 valence electrons. The standard InChI is InChI=1S/C13H23N3O2/c1-11(17)16(12-3-4-12)6-5-13(18)15-9-7-14(2)8-10-15/h12H,3-10H2,1-2H3. The van der Waals surface area contributed by atoms with E-state index in [2.05, 4.69) is 11.9 Å². The summed E-state index contributed by atoms with van der Waals surface area (Å²) in [5, 5.41) is 0. The van der Waals surface area contributed by atoms with Crippen LogP contribution in [0.4, 0.5) is 0 Å². The Kier molecular flexibility index (Phi) is 4.22. The molecule has 1 heterocycles. The second-order valence-corrected chi connectivity index (χ2v) is 5.38. The number of nitrogens with zero attached hydrogens (tertiary/aromatic N) is 3. The van der Waals surface area contributed by atoms with Gasteiger partial charge in [0.25, 0.3) is 0 Å². The van der Waals surface area contributed by atoms with E-state index in [-0.39, 0.29) is 11.8 Å². The molecule has 5 nitrogen and oxygen atoms in total. The fourth-order valence-corrected chi connectivity index (χ4v) is 2.41. The molecule has 1 saturated heterocycles. The largest absolute Gasteiger partial charge is 0.340 e. The molecule has 0 atom stereocenters. The van der Waals surface area contributed by atoms with Gasteiger partial charge in [-0.3, -0.25) is 9.59 Å². The van der Waals surface area contributed by atoms with Crippen LogP contribution in [0, 0.1) is 0 Å². The lowest BCUT2D eigenvalue weighted by atomic mass is 10.2. The van der Waals surface area contributed by atoms with Crippen LogP contribution in [0.15, 0.2) is 0 Å². The molecule has 0 aromatic carbocycles. The van der Waals surface area contributed by atoms with Crippen LogP contribution in [0.25, 0.3) is 0 Å². The number of carbonyl (C=O) groups is 2. The van der Waals surface area contributed by atoms with E-state index in [1.165, 1.54) is 0 Å². The zero-order valence-corrected chi connectivity index (χ0v) is 11.4. The normalized spacial score (nSPS) is 20.9. The molecule has 5 heteroatoms. The summed E-state index contributed by atoms with van der Waals surface area (Å²) in [7, 11) is 2.08. The Bertz CT molecular complexity index is 320. The van der Waals surface area contributed by atoms with Crippen molar-refractivity contribution in [2.45, 2.75) is 32.2 Å². The smallest absolute Gasteiger partial charge is 0.224 e. The van der Waals surface area contributed by atoms with E-state index in [1.807, 2.05) is 9.80 Å². The van der Waals surface area contributed by atoms with Crippen LogP contribution in [0.1, 0.15) is 26.2 Å². The molecule has 0 N–H and O–H groups in total. The van der Waals surface area contributed by atoms with Crippen molar-refractivity contribution in [2.24, 2.45) is 0 Å². The Morgan fingerprint density at radius 3 is 2.28 bits per heavy atom. The summed E-state index contributed by atoms with van der Waals surface area (Å²) in [5.74, 6) is 0.290. The molecule has 2 rings (SSSR count). The summed E-state index contributed by atoms with van der Waals surface area (Å²) >= 11 is 0. The number of rotatable bonds is 4. The van der Waals surface area contributed by atoms with Crippen LogP contribution < -0.4 is 0 Å². The summed E-state index contributed by atoms with van der Waals surface area (Å²) in [5.41, 5.74) is 0. The highest BCUT2D eigenvalue weighted by molar-refractivity contribution is 5.78. The van der Waals surface area contributed by atoms with Gasteiger partial charge in [0.2, 0.25) is 11.8 Å². The molecule has 0 unspecified atom stereocenters. The van der Waals surface area contributed by atoms with Crippen molar-refractivity contribution in [1.82, 2.24) is 14.7 Å². The molecular formula is C13H23N3O2. The first kappa shape index (κ1) is 13.3. The molecule has 0 aromatic heterocycles. The van der Waals surface area contributed by atoms with Gasteiger partial charge in [0.15, 0.2) is 0 Å². The number of piperazine rings is 1. The second kappa shape index (κ2) is 5.69. The molecule has 0 spiro atoms. The van der Waals surface area contributed by atoms with Crippen molar-refractivity contribution in [2.75, 3.05) is 39.8 Å². The third-order valence-corrected chi connectivity index (χ3v) is 3.81. The number of amides is 2. The zero-order chi connectivity index (χ0) is 13.1. The minimum absolute atomic E-state index is 0.101. The number of carbonyl (C=O) groups excluding carboxylic acids is 2. The predicted molar refractivity (Wildman–Crippen MR) is 69.1 cm³/mol. The van der Waals surface area contributed by atoms with E-state index in [1.54, 1.807) is 6.92 Å². The average molecular weight is 253 g/mol. The lowest BCUT2D eigenvalue weighted by Gasteiger charge is -2.33. The molecule has 2 amide bonds. The lowest BCUT2D eigenvalue weighted by molar-refractivity contribution is -0.134. The summed E-state index contributed by atoms with van der Waals surface area (Å²) in [6, 6.07) is 0.405. The fraction of sp³-hybridized carbons (Fsp3) is 0.846. The van der Waals surface area contributed by atoms with Crippen LogP contribution in [0.2, 0.25) is 0 Å². The van der Waals surface area contributed by atoms with Crippen molar-refractivity contribution in [1.29, 1.82) is 0 Å². The molecule has 2 aliphatic rings. The third-order valence-electron chi connectivity index (χ3n) is 3.81. The quantitative estimate of drug-likeness (QED) is 0.717. The van der Waals surface area contributed by atoms with Gasteiger partial charge >= 0.3 is 0 Å². The number of hydrogen-bond acceptors (Lipinski definition) is 3. The Hall–Kier alpha value is -1.10. The lowest BCUT2D eigenvalue weighted by Crippen LogP contribution is -2.48. The van der Waals surface area contributed by atoms with Gasteiger partial charge in [0.1, 0.15) is 0 Å². The van der Waals surface area contributed by atoms with E-state index < -0.39 is 0 Å². The first-order valence-corrected chi connectivity index (χ1v) is 6.81. The molecule has 1 saturated carbocycles. The molecule has 0 bridgehead atoms. The minimum atomic E-state index is 0.101. The fourth-order valence-electron chi connectivity index (χ4n) is 2.41. The van der Waals surface area contributed by atoms with Gasteiger partial charge in [-0.25, -0.2) is 0 Å². The van der Waals surface area contributed by atoms with Crippen LogP contribution >= 0.6 is 0 Å². The van der Waals surface area contributed by atoms with Crippen molar-refractivity contribution >= 4 is 11.8 Å². The predicted octanol–water partition coefficient (Wildman–Crippen LogP) is 0.161. The van der Waals surface area contributed by atoms with E-state index in [4.69, 9.17) is 0 Å². The van der Waals surface area contributed by atoms with E-state index in [0.717, 1.165) is 39.0 Å². The Balaban J connectivity index is 1.75. The molecular weight excluding hydrogens is 230 g/mol. The van der Waals surface area contributed by atoms with E-state index in [9.17, 15) is 9.59 Å². The molecule has 18 heavy (non-hydrogen) atoms. The van der Waals surface area contributed by atoms with Crippen molar-refractivity contribution in [3.8, 4) is 0 Å². The third kappa shape index (κ3) is 3.45. The maximum absolute atomic E-state index is 12.0. The van der Waals surface area contributed by atoms with E-state index >= 15 is 0 Å². The highest BCUT2D eigenvalue weighted by atomic mass is 16.2. The number of likely N-dealkylation sites (N-methyl/N-ethyl adjacent to an activating group) is 1. The highest BCUT2D eigenvalue weighted by Gasteiger charge is 2.31. The average Bonchev–Trinajstić information content (AvgIpc) is 3.14. The van der Waals surface area contributed by atoms with Crippen molar-refractivity contribution < 1.29 is 9.59 Å². The van der Waals surface area contributed by atoms with Gasteiger partial charge in [-0.05, 0) is 19.9 Å². The highest BCUT2D eigenvalue weighted by Crippen LogP contribution is 2.26. The SMILES string of the molecule is CC(=O)N(CCC(=O)N1CCN(C)CC1)C1CC1. The van der Waals surface area contributed by atoms with Crippen molar-refractivity contribution in [3.05, 3.63) is 0 Å². The number of hydrogen-bond donors (Lipinski definition) is 0. The molecule has 0 radical (unpaired) electrons. The molecule has 2 fully saturated rings. The summed E-state index contributed by atoms with van der Waals surface area (Å²) in [6.45, 7) is 5.72. The van der Waals surface area contributed by atoms with E-state index in [0.29, 0.717) is 19.0 Å². The maximum Gasteiger partial charge on any atom is 0.224 e. The zero-order valence-electron chi connectivity index (χ0n) is 11.4. The summed E-state index contributed by atoms with van der Waals surface area (Å²) < 4.78 is 0. The molecule has 1 aliphatic heterocycles. The molecule has 1 aliphatic carbocycles. The van der Waals surface area contributed by atoms with Gasteiger partial charge in [0.05, 0.1) is 0 Å². The Morgan fingerprint density at radius 1 is 1.17 bits per heavy atom. The Morgan fingerprint density at radius 2 is 1.78 bits per heavy atom. The molecule has 0 aromatic rings. The first-order valence-electron chi connectivity index (χ1n) is 6.81. The van der Waals surface area contributed by atoms with Crippen LogP contribution in [0.3, 0.4) is 0 Å². The topological polar surface area (TPSA) is 43.9 Å².